The van der Waals surface area contributed by atoms with Crippen molar-refractivity contribution in [2.75, 3.05) is 13.1 Å². The van der Waals surface area contributed by atoms with Crippen LogP contribution in [0, 0.1) is 6.92 Å². The summed E-state index contributed by atoms with van der Waals surface area (Å²) in [6.07, 6.45) is 2.61. The number of hydrogen-bond acceptors (Lipinski definition) is 3. The molecule has 18 heavy (non-hydrogen) atoms. The van der Waals surface area contributed by atoms with Gasteiger partial charge in [-0.05, 0) is 59.2 Å². The molecule has 102 valence electrons. The number of rotatable bonds is 5. The lowest BCUT2D eigenvalue weighted by molar-refractivity contribution is 0.133. The van der Waals surface area contributed by atoms with E-state index in [1.807, 2.05) is 6.92 Å². The van der Waals surface area contributed by atoms with Crippen LogP contribution >= 0.6 is 0 Å². The molecule has 0 saturated carbocycles. The van der Waals surface area contributed by atoms with Crippen LogP contribution in [-0.4, -0.2) is 30.1 Å². The van der Waals surface area contributed by atoms with Crippen molar-refractivity contribution in [1.82, 2.24) is 10.2 Å². The minimum absolute atomic E-state index is 0.348. The van der Waals surface area contributed by atoms with E-state index in [0.717, 1.165) is 18.1 Å². The number of nitrogens with zero attached hydrogens (tertiary/aromatic N) is 1. The van der Waals surface area contributed by atoms with Gasteiger partial charge < -0.3 is 9.73 Å². The Morgan fingerprint density at radius 1 is 1.39 bits per heavy atom. The monoisotopic (exact) mass is 250 g/mol. The molecule has 0 bridgehead atoms. The predicted octanol–water partition coefficient (Wildman–Crippen LogP) is 3.11. The van der Waals surface area contributed by atoms with Crippen molar-refractivity contribution in [2.24, 2.45) is 0 Å². The van der Waals surface area contributed by atoms with Crippen LogP contribution in [0.5, 0.6) is 0 Å². The van der Waals surface area contributed by atoms with Gasteiger partial charge >= 0.3 is 0 Å². The third kappa shape index (κ3) is 3.15. The van der Waals surface area contributed by atoms with Crippen molar-refractivity contribution in [1.29, 1.82) is 0 Å². The first-order valence-corrected chi connectivity index (χ1v) is 7.13. The van der Waals surface area contributed by atoms with Gasteiger partial charge in [0.1, 0.15) is 11.5 Å². The lowest BCUT2D eigenvalue weighted by Crippen LogP contribution is -2.42. The summed E-state index contributed by atoms with van der Waals surface area (Å²) in [6.45, 7) is 11.1. The zero-order valence-electron chi connectivity index (χ0n) is 12.1. The van der Waals surface area contributed by atoms with E-state index in [1.165, 1.54) is 19.4 Å². The van der Waals surface area contributed by atoms with Crippen LogP contribution in [0.25, 0.3) is 0 Å². The van der Waals surface area contributed by atoms with Crippen LogP contribution in [0.4, 0.5) is 0 Å². The summed E-state index contributed by atoms with van der Waals surface area (Å²) in [5, 5.41) is 3.58. The standard InChI is InChI=1S/C15H26N2O/c1-11(2)17(10-14-6-5-9-16-14)13(4)15-8-7-12(3)18-15/h7-8,11,13-14,16H,5-6,9-10H2,1-4H3. The van der Waals surface area contributed by atoms with Crippen LogP contribution in [0.3, 0.4) is 0 Å². The van der Waals surface area contributed by atoms with Gasteiger partial charge in [0.15, 0.2) is 0 Å². The summed E-state index contributed by atoms with van der Waals surface area (Å²) in [7, 11) is 0. The molecular formula is C15H26N2O. The first kappa shape index (κ1) is 13.6. The largest absolute Gasteiger partial charge is 0.465 e. The Kier molecular flexibility index (Phi) is 4.46. The molecule has 3 nitrogen and oxygen atoms in total. The third-order valence-corrected chi connectivity index (χ3v) is 3.93. The van der Waals surface area contributed by atoms with E-state index in [2.05, 4.69) is 43.1 Å². The Morgan fingerprint density at radius 2 is 2.17 bits per heavy atom. The Balaban J connectivity index is 2.04. The SMILES string of the molecule is Cc1ccc(C(C)N(CC2CCCN2)C(C)C)o1. The summed E-state index contributed by atoms with van der Waals surface area (Å²) in [5.74, 6) is 2.08. The molecule has 3 heteroatoms. The van der Waals surface area contributed by atoms with Crippen molar-refractivity contribution < 1.29 is 4.42 Å². The molecule has 1 aromatic rings. The fraction of sp³-hybridized carbons (Fsp3) is 0.733. The first-order valence-electron chi connectivity index (χ1n) is 7.13. The summed E-state index contributed by atoms with van der Waals surface area (Å²) >= 11 is 0. The number of furan rings is 1. The molecule has 1 N–H and O–H groups in total. The fourth-order valence-electron chi connectivity index (χ4n) is 2.82. The van der Waals surface area contributed by atoms with E-state index >= 15 is 0 Å². The van der Waals surface area contributed by atoms with Gasteiger partial charge in [0.2, 0.25) is 0 Å². The van der Waals surface area contributed by atoms with E-state index in [9.17, 15) is 0 Å². The summed E-state index contributed by atoms with van der Waals surface area (Å²) < 4.78 is 5.78. The van der Waals surface area contributed by atoms with Crippen molar-refractivity contribution in [2.45, 2.75) is 58.7 Å². The average Bonchev–Trinajstić information content (AvgIpc) is 2.95. The second-order valence-electron chi connectivity index (χ2n) is 5.71. The highest BCUT2D eigenvalue weighted by Gasteiger charge is 2.25. The van der Waals surface area contributed by atoms with E-state index in [0.29, 0.717) is 18.1 Å². The van der Waals surface area contributed by atoms with Gasteiger partial charge in [-0.1, -0.05) is 0 Å². The van der Waals surface area contributed by atoms with Crippen molar-refractivity contribution in [3.63, 3.8) is 0 Å². The minimum Gasteiger partial charge on any atom is -0.465 e. The molecule has 2 rings (SSSR count). The molecule has 0 radical (unpaired) electrons. The van der Waals surface area contributed by atoms with Crippen LogP contribution in [0.15, 0.2) is 16.5 Å². The second kappa shape index (κ2) is 5.89. The average molecular weight is 250 g/mol. The van der Waals surface area contributed by atoms with Crippen LogP contribution in [0.2, 0.25) is 0 Å². The van der Waals surface area contributed by atoms with Gasteiger partial charge in [0, 0.05) is 18.6 Å². The molecule has 1 aromatic heterocycles. The van der Waals surface area contributed by atoms with Gasteiger partial charge in [-0.15, -0.1) is 0 Å². The quantitative estimate of drug-likeness (QED) is 0.870. The minimum atomic E-state index is 0.348. The molecule has 1 saturated heterocycles. The van der Waals surface area contributed by atoms with Crippen molar-refractivity contribution >= 4 is 0 Å². The van der Waals surface area contributed by atoms with Gasteiger partial charge in [-0.25, -0.2) is 0 Å². The Bertz CT molecular complexity index is 366. The van der Waals surface area contributed by atoms with Crippen LogP contribution in [-0.2, 0) is 0 Å². The van der Waals surface area contributed by atoms with E-state index in [4.69, 9.17) is 4.42 Å². The molecule has 1 fully saturated rings. The smallest absolute Gasteiger partial charge is 0.121 e. The van der Waals surface area contributed by atoms with Crippen molar-refractivity contribution in [3.05, 3.63) is 23.7 Å². The highest BCUT2D eigenvalue weighted by atomic mass is 16.3. The summed E-state index contributed by atoms with van der Waals surface area (Å²) in [6, 6.07) is 5.69. The van der Waals surface area contributed by atoms with Gasteiger partial charge in [-0.2, -0.15) is 0 Å². The maximum absolute atomic E-state index is 5.78. The Labute approximate surface area is 111 Å². The Hall–Kier alpha value is -0.800. The highest BCUT2D eigenvalue weighted by Crippen LogP contribution is 2.25. The molecule has 2 unspecified atom stereocenters. The molecule has 0 amide bonds. The molecule has 1 aliphatic rings. The fourth-order valence-corrected chi connectivity index (χ4v) is 2.82. The molecule has 0 aromatic carbocycles. The van der Waals surface area contributed by atoms with E-state index in [1.54, 1.807) is 0 Å². The van der Waals surface area contributed by atoms with Gasteiger partial charge in [0.05, 0.1) is 6.04 Å². The molecular weight excluding hydrogens is 224 g/mol. The maximum Gasteiger partial charge on any atom is 0.121 e. The summed E-state index contributed by atoms with van der Waals surface area (Å²) in [4.78, 5) is 2.53. The zero-order valence-corrected chi connectivity index (χ0v) is 12.1. The first-order chi connectivity index (χ1) is 8.58. The number of hydrogen-bond donors (Lipinski definition) is 1. The highest BCUT2D eigenvalue weighted by molar-refractivity contribution is 5.09. The lowest BCUT2D eigenvalue weighted by Gasteiger charge is -2.33. The zero-order chi connectivity index (χ0) is 13.1. The number of aryl methyl sites for hydroxylation is 1. The maximum atomic E-state index is 5.78. The predicted molar refractivity (Wildman–Crippen MR) is 74.7 cm³/mol. The van der Waals surface area contributed by atoms with Crippen molar-refractivity contribution in [3.8, 4) is 0 Å². The molecule has 2 atom stereocenters. The second-order valence-corrected chi connectivity index (χ2v) is 5.71. The third-order valence-electron chi connectivity index (χ3n) is 3.93. The molecule has 0 spiro atoms. The summed E-state index contributed by atoms with van der Waals surface area (Å²) in [5.41, 5.74) is 0. The van der Waals surface area contributed by atoms with Gasteiger partial charge in [0.25, 0.3) is 0 Å². The Morgan fingerprint density at radius 3 is 2.67 bits per heavy atom. The van der Waals surface area contributed by atoms with Crippen LogP contribution < -0.4 is 5.32 Å². The lowest BCUT2D eigenvalue weighted by atomic mass is 10.1. The molecule has 1 aliphatic heterocycles. The number of nitrogens with one attached hydrogen (secondary N) is 1. The molecule has 2 heterocycles. The normalized spacial score (nSPS) is 22.0. The van der Waals surface area contributed by atoms with E-state index < -0.39 is 0 Å². The van der Waals surface area contributed by atoms with Gasteiger partial charge in [-0.3, -0.25) is 4.90 Å². The van der Waals surface area contributed by atoms with Crippen LogP contribution in [0.1, 0.15) is 51.2 Å². The topological polar surface area (TPSA) is 28.4 Å². The molecule has 0 aliphatic carbocycles. The van der Waals surface area contributed by atoms with E-state index in [-0.39, 0.29) is 0 Å².